The molecule has 0 spiro atoms. The first-order valence-electron chi connectivity index (χ1n) is 10.0. The first kappa shape index (κ1) is 26.6. The molecule has 0 fully saturated rings. The van der Waals surface area contributed by atoms with E-state index in [-0.39, 0.29) is 10.7 Å². The monoisotopic (exact) mass is 419 g/mol. The molecule has 0 aromatic carbocycles. The molecule has 27 heavy (non-hydrogen) atoms. The Kier molecular flexibility index (Phi) is 16.3. The van der Waals surface area contributed by atoms with Crippen molar-refractivity contribution in [1.29, 1.82) is 0 Å². The lowest BCUT2D eigenvalue weighted by Gasteiger charge is -2.23. The smallest absolute Gasteiger partial charge is 0.221 e. The Morgan fingerprint density at radius 1 is 1.11 bits per heavy atom. The van der Waals surface area contributed by atoms with Crippen LogP contribution in [0.5, 0.6) is 0 Å². The Bertz CT molecular complexity index is 401. The highest BCUT2D eigenvalue weighted by Crippen LogP contribution is 2.21. The van der Waals surface area contributed by atoms with Gasteiger partial charge in [0.2, 0.25) is 5.91 Å². The van der Waals surface area contributed by atoms with Crippen molar-refractivity contribution >= 4 is 30.3 Å². The Labute approximate surface area is 176 Å². The Morgan fingerprint density at radius 3 is 2.44 bits per heavy atom. The zero-order valence-corrected chi connectivity index (χ0v) is 19.5. The molecule has 0 saturated carbocycles. The van der Waals surface area contributed by atoms with Crippen LogP contribution < -0.4 is 10.6 Å². The molecule has 0 heterocycles. The van der Waals surface area contributed by atoms with Gasteiger partial charge >= 0.3 is 0 Å². The van der Waals surface area contributed by atoms with Crippen molar-refractivity contribution in [2.45, 2.75) is 51.7 Å². The third-order valence-corrected chi connectivity index (χ3v) is 5.23. The molecule has 0 aliphatic rings. The molecule has 0 radical (unpaired) electrons. The number of carbonyl (C=O) groups excluding carboxylic acids is 1. The fraction of sp³-hybridized carbons (Fsp3) is 0.850. The van der Waals surface area contributed by atoms with Gasteiger partial charge in [-0.2, -0.15) is 24.4 Å². The van der Waals surface area contributed by atoms with Gasteiger partial charge in [0.05, 0.1) is 6.61 Å². The van der Waals surface area contributed by atoms with E-state index in [1.807, 2.05) is 11.8 Å². The molecule has 0 atom stereocenters. The zero-order valence-electron chi connectivity index (χ0n) is 17.8. The van der Waals surface area contributed by atoms with Gasteiger partial charge in [-0.3, -0.25) is 4.79 Å². The Morgan fingerprint density at radius 2 is 1.81 bits per heavy atom. The van der Waals surface area contributed by atoms with E-state index in [4.69, 9.17) is 4.74 Å². The highest BCUT2D eigenvalue weighted by Gasteiger charge is 2.11. The van der Waals surface area contributed by atoms with Gasteiger partial charge in [-0.15, -0.1) is 0 Å². The van der Waals surface area contributed by atoms with Crippen molar-refractivity contribution in [1.82, 2.24) is 15.5 Å². The predicted octanol–water partition coefficient (Wildman–Crippen LogP) is 3.18. The topological polar surface area (TPSA) is 53.6 Å². The SMILES string of the molecule is C=C(CCN(CCOCCC)CCC(=O)NCCSC(C)(C)C)NCCS. The minimum absolute atomic E-state index is 0.121. The van der Waals surface area contributed by atoms with Crippen molar-refractivity contribution in [2.24, 2.45) is 0 Å². The van der Waals surface area contributed by atoms with Gasteiger partial charge in [-0.1, -0.05) is 34.3 Å². The summed E-state index contributed by atoms with van der Waals surface area (Å²) in [5.41, 5.74) is 1.02. The van der Waals surface area contributed by atoms with Crippen LogP contribution in [0.4, 0.5) is 0 Å². The number of thioether (sulfide) groups is 1. The van der Waals surface area contributed by atoms with Crippen molar-refractivity contribution in [3.63, 3.8) is 0 Å². The average Bonchev–Trinajstić information content (AvgIpc) is 2.61. The maximum absolute atomic E-state index is 12.1. The minimum atomic E-state index is 0.121. The van der Waals surface area contributed by atoms with Gasteiger partial charge < -0.3 is 20.3 Å². The van der Waals surface area contributed by atoms with E-state index in [9.17, 15) is 4.79 Å². The molecule has 2 N–H and O–H groups in total. The second kappa shape index (κ2) is 16.6. The summed E-state index contributed by atoms with van der Waals surface area (Å²) in [6, 6.07) is 0. The van der Waals surface area contributed by atoms with E-state index < -0.39 is 0 Å². The number of rotatable bonds is 17. The largest absolute Gasteiger partial charge is 0.388 e. The molecular weight excluding hydrogens is 378 g/mol. The molecule has 0 aromatic heterocycles. The summed E-state index contributed by atoms with van der Waals surface area (Å²) in [4.78, 5) is 14.4. The first-order chi connectivity index (χ1) is 12.8. The van der Waals surface area contributed by atoms with Crippen molar-refractivity contribution < 1.29 is 9.53 Å². The van der Waals surface area contributed by atoms with Gasteiger partial charge in [0.15, 0.2) is 0 Å². The van der Waals surface area contributed by atoms with Crippen LogP contribution in [0.15, 0.2) is 12.3 Å². The second-order valence-electron chi connectivity index (χ2n) is 7.52. The molecule has 5 nitrogen and oxygen atoms in total. The molecule has 7 heteroatoms. The van der Waals surface area contributed by atoms with Gasteiger partial charge in [0.1, 0.15) is 0 Å². The van der Waals surface area contributed by atoms with Crippen LogP contribution in [0.25, 0.3) is 0 Å². The molecule has 0 unspecified atom stereocenters. The van der Waals surface area contributed by atoms with Crippen LogP contribution >= 0.6 is 24.4 Å². The molecule has 0 aliphatic heterocycles. The van der Waals surface area contributed by atoms with Crippen molar-refractivity contribution in [3.8, 4) is 0 Å². The normalized spacial score (nSPS) is 11.6. The Hall–Kier alpha value is -0.370. The van der Waals surface area contributed by atoms with E-state index in [1.54, 1.807) is 0 Å². The van der Waals surface area contributed by atoms with Gasteiger partial charge in [-0.05, 0) is 12.8 Å². The third kappa shape index (κ3) is 18.7. The molecule has 0 saturated heterocycles. The van der Waals surface area contributed by atoms with E-state index in [0.717, 1.165) is 69.4 Å². The summed E-state index contributed by atoms with van der Waals surface area (Å²) in [7, 11) is 0. The number of hydrogen-bond donors (Lipinski definition) is 3. The lowest BCUT2D eigenvalue weighted by atomic mass is 10.2. The number of ether oxygens (including phenoxy) is 1. The molecule has 0 aliphatic carbocycles. The highest BCUT2D eigenvalue weighted by atomic mass is 32.2. The van der Waals surface area contributed by atoms with Crippen LogP contribution in [0.2, 0.25) is 0 Å². The quantitative estimate of drug-likeness (QED) is 0.250. The third-order valence-electron chi connectivity index (χ3n) is 3.73. The van der Waals surface area contributed by atoms with Gasteiger partial charge in [-0.25, -0.2) is 0 Å². The standard InChI is InChI=1S/C20H41N3O2S2/c1-6-14-25-15-13-23(11-7-18(2)21-9-16-26)12-8-19(24)22-10-17-27-20(3,4)5/h21,26H,2,6-17H2,1,3-5H3,(H,22,24). The number of carbonyl (C=O) groups is 1. The lowest BCUT2D eigenvalue weighted by Crippen LogP contribution is -2.35. The number of nitrogens with zero attached hydrogens (tertiary/aromatic N) is 1. The van der Waals surface area contributed by atoms with E-state index >= 15 is 0 Å². The van der Waals surface area contributed by atoms with Crippen LogP contribution in [-0.4, -0.2) is 73.0 Å². The summed E-state index contributed by atoms with van der Waals surface area (Å²) in [6.45, 7) is 18.2. The molecule has 0 aromatic rings. The van der Waals surface area contributed by atoms with Crippen LogP contribution in [0.1, 0.15) is 47.0 Å². The van der Waals surface area contributed by atoms with Gasteiger partial charge in [0.25, 0.3) is 0 Å². The predicted molar refractivity (Wildman–Crippen MR) is 123 cm³/mol. The average molecular weight is 420 g/mol. The number of hydrogen-bond acceptors (Lipinski definition) is 6. The summed E-state index contributed by atoms with van der Waals surface area (Å²) < 4.78 is 5.85. The Balaban J connectivity index is 4.15. The van der Waals surface area contributed by atoms with E-state index in [2.05, 4.69) is 62.4 Å². The number of amides is 1. The summed E-state index contributed by atoms with van der Waals surface area (Å²) in [5, 5.41) is 6.29. The van der Waals surface area contributed by atoms with E-state index in [0.29, 0.717) is 13.0 Å². The maximum Gasteiger partial charge on any atom is 0.221 e. The van der Waals surface area contributed by atoms with Crippen molar-refractivity contribution in [2.75, 3.05) is 57.4 Å². The van der Waals surface area contributed by atoms with Gasteiger partial charge in [0, 0.05) is 67.7 Å². The molecule has 1 amide bonds. The lowest BCUT2D eigenvalue weighted by molar-refractivity contribution is -0.121. The molecular formula is C20H41N3O2S2. The summed E-state index contributed by atoms with van der Waals surface area (Å²) >= 11 is 6.07. The molecule has 0 bridgehead atoms. The number of nitrogens with one attached hydrogen (secondary N) is 2. The van der Waals surface area contributed by atoms with Crippen molar-refractivity contribution in [3.05, 3.63) is 12.3 Å². The minimum Gasteiger partial charge on any atom is -0.388 e. The second-order valence-corrected chi connectivity index (χ2v) is 9.89. The highest BCUT2D eigenvalue weighted by molar-refractivity contribution is 8.00. The zero-order chi connectivity index (χ0) is 20.5. The first-order valence-corrected chi connectivity index (χ1v) is 11.6. The molecule has 0 rings (SSSR count). The molecule has 160 valence electrons. The summed E-state index contributed by atoms with van der Waals surface area (Å²) in [6.07, 6.45) is 2.41. The number of thiol groups is 1. The maximum atomic E-state index is 12.1. The van der Waals surface area contributed by atoms with E-state index in [1.165, 1.54) is 0 Å². The fourth-order valence-electron chi connectivity index (χ4n) is 2.29. The van der Waals surface area contributed by atoms with Crippen LogP contribution in [0, 0.1) is 0 Å². The summed E-state index contributed by atoms with van der Waals surface area (Å²) in [5.74, 6) is 1.86. The fourth-order valence-corrected chi connectivity index (χ4v) is 3.21. The van der Waals surface area contributed by atoms with Crippen LogP contribution in [-0.2, 0) is 9.53 Å². The van der Waals surface area contributed by atoms with Crippen LogP contribution in [0.3, 0.4) is 0 Å².